The standard InChI is InChI=1S/C12H14BrFN2O/c1-15-9-4-5-16(7-9)12(17)10-6-8(14)2-3-11(10)13/h2-3,6,9,15H,4-5,7H2,1H3. The average molecular weight is 301 g/mol. The molecule has 0 aliphatic carbocycles. The number of halogens is 2. The summed E-state index contributed by atoms with van der Waals surface area (Å²) in [5.74, 6) is -0.505. The molecular formula is C12H14BrFN2O. The lowest BCUT2D eigenvalue weighted by molar-refractivity contribution is 0.0788. The molecule has 1 aliphatic heterocycles. The summed E-state index contributed by atoms with van der Waals surface area (Å²) < 4.78 is 13.8. The van der Waals surface area contributed by atoms with Gasteiger partial charge in [-0.3, -0.25) is 4.79 Å². The van der Waals surface area contributed by atoms with Crippen molar-refractivity contribution in [2.75, 3.05) is 20.1 Å². The quantitative estimate of drug-likeness (QED) is 0.906. The fourth-order valence-electron chi connectivity index (χ4n) is 2.01. The van der Waals surface area contributed by atoms with E-state index >= 15 is 0 Å². The Balaban J connectivity index is 2.17. The summed E-state index contributed by atoms with van der Waals surface area (Å²) in [4.78, 5) is 13.9. The Hall–Kier alpha value is -0.940. The summed E-state index contributed by atoms with van der Waals surface area (Å²) in [7, 11) is 1.89. The van der Waals surface area contributed by atoms with E-state index in [4.69, 9.17) is 0 Å². The van der Waals surface area contributed by atoms with Gasteiger partial charge in [0, 0.05) is 23.6 Å². The van der Waals surface area contributed by atoms with Crippen LogP contribution in [0, 0.1) is 5.82 Å². The minimum atomic E-state index is -0.388. The molecule has 0 bridgehead atoms. The highest BCUT2D eigenvalue weighted by Crippen LogP contribution is 2.21. The molecule has 2 rings (SSSR count). The molecule has 1 fully saturated rings. The van der Waals surface area contributed by atoms with Crippen LogP contribution in [0.15, 0.2) is 22.7 Å². The van der Waals surface area contributed by atoms with Crippen LogP contribution in [0.5, 0.6) is 0 Å². The number of rotatable bonds is 2. The molecule has 0 saturated carbocycles. The van der Waals surface area contributed by atoms with E-state index < -0.39 is 0 Å². The van der Waals surface area contributed by atoms with Gasteiger partial charge in [-0.1, -0.05) is 0 Å². The number of hydrogen-bond donors (Lipinski definition) is 1. The van der Waals surface area contributed by atoms with Crippen molar-refractivity contribution in [1.82, 2.24) is 10.2 Å². The van der Waals surface area contributed by atoms with E-state index in [-0.39, 0.29) is 11.7 Å². The molecule has 1 aliphatic rings. The Morgan fingerprint density at radius 1 is 1.59 bits per heavy atom. The van der Waals surface area contributed by atoms with Crippen molar-refractivity contribution in [1.29, 1.82) is 0 Å². The Kier molecular flexibility index (Phi) is 3.79. The number of likely N-dealkylation sites (tertiary alicyclic amines) is 1. The van der Waals surface area contributed by atoms with Crippen LogP contribution in [0.3, 0.4) is 0 Å². The minimum absolute atomic E-state index is 0.117. The van der Waals surface area contributed by atoms with Gasteiger partial charge in [-0.25, -0.2) is 4.39 Å². The molecule has 92 valence electrons. The first-order valence-electron chi connectivity index (χ1n) is 5.53. The highest BCUT2D eigenvalue weighted by molar-refractivity contribution is 9.10. The van der Waals surface area contributed by atoms with Gasteiger partial charge < -0.3 is 10.2 Å². The van der Waals surface area contributed by atoms with Gasteiger partial charge in [-0.15, -0.1) is 0 Å². The molecule has 1 aromatic rings. The van der Waals surface area contributed by atoms with E-state index in [1.54, 1.807) is 11.0 Å². The summed E-state index contributed by atoms with van der Waals surface area (Å²) in [6, 6.07) is 4.51. The van der Waals surface area contributed by atoms with Gasteiger partial charge in [0.25, 0.3) is 5.91 Å². The van der Waals surface area contributed by atoms with Crippen LogP contribution in [0.4, 0.5) is 4.39 Å². The summed E-state index contributed by atoms with van der Waals surface area (Å²) >= 11 is 3.28. The average Bonchev–Trinajstić information content (AvgIpc) is 2.80. The monoisotopic (exact) mass is 300 g/mol. The Labute approximate surface area is 108 Å². The predicted octanol–water partition coefficient (Wildman–Crippen LogP) is 2.02. The zero-order valence-electron chi connectivity index (χ0n) is 9.54. The van der Waals surface area contributed by atoms with Crippen molar-refractivity contribution in [2.24, 2.45) is 0 Å². The van der Waals surface area contributed by atoms with E-state index in [1.807, 2.05) is 7.05 Å². The maximum absolute atomic E-state index is 13.1. The molecule has 5 heteroatoms. The third-order valence-electron chi connectivity index (χ3n) is 3.04. The molecule has 3 nitrogen and oxygen atoms in total. The first kappa shape index (κ1) is 12.5. The van der Waals surface area contributed by atoms with Crippen molar-refractivity contribution in [2.45, 2.75) is 12.5 Å². The van der Waals surface area contributed by atoms with Crippen molar-refractivity contribution in [3.63, 3.8) is 0 Å². The molecule has 17 heavy (non-hydrogen) atoms. The molecule has 1 heterocycles. The lowest BCUT2D eigenvalue weighted by Gasteiger charge is -2.17. The van der Waals surface area contributed by atoms with Gasteiger partial charge in [0.2, 0.25) is 0 Å². The van der Waals surface area contributed by atoms with Crippen molar-refractivity contribution in [3.8, 4) is 0 Å². The second kappa shape index (κ2) is 5.14. The second-order valence-electron chi connectivity index (χ2n) is 4.15. The van der Waals surface area contributed by atoms with E-state index in [9.17, 15) is 9.18 Å². The summed E-state index contributed by atoms with van der Waals surface area (Å²) in [6.45, 7) is 1.39. The van der Waals surface area contributed by atoms with Crippen molar-refractivity contribution >= 4 is 21.8 Å². The van der Waals surface area contributed by atoms with Crippen molar-refractivity contribution < 1.29 is 9.18 Å². The normalized spacial score (nSPS) is 19.7. The number of nitrogens with one attached hydrogen (secondary N) is 1. The maximum atomic E-state index is 13.1. The Bertz CT molecular complexity index is 439. The number of benzene rings is 1. The number of hydrogen-bond acceptors (Lipinski definition) is 2. The van der Waals surface area contributed by atoms with Gasteiger partial charge >= 0.3 is 0 Å². The van der Waals surface area contributed by atoms with E-state index in [2.05, 4.69) is 21.2 Å². The number of nitrogens with zero attached hydrogens (tertiary/aromatic N) is 1. The molecular weight excluding hydrogens is 287 g/mol. The number of amides is 1. The molecule has 1 amide bonds. The first-order valence-corrected chi connectivity index (χ1v) is 6.32. The fraction of sp³-hybridized carbons (Fsp3) is 0.417. The van der Waals surface area contributed by atoms with E-state index in [0.29, 0.717) is 29.2 Å². The number of likely N-dealkylation sites (N-methyl/N-ethyl adjacent to an activating group) is 1. The summed E-state index contributed by atoms with van der Waals surface area (Å²) in [5, 5.41) is 3.15. The Morgan fingerprint density at radius 2 is 2.35 bits per heavy atom. The molecule has 0 aromatic heterocycles. The van der Waals surface area contributed by atoms with Crippen LogP contribution in [-0.4, -0.2) is 37.0 Å². The second-order valence-corrected chi connectivity index (χ2v) is 5.00. The zero-order chi connectivity index (χ0) is 12.4. The van der Waals surface area contributed by atoms with Crippen LogP contribution < -0.4 is 5.32 Å². The molecule has 1 atom stereocenters. The van der Waals surface area contributed by atoms with Gasteiger partial charge in [0.15, 0.2) is 0 Å². The molecule has 1 saturated heterocycles. The van der Waals surface area contributed by atoms with Gasteiger partial charge in [0.05, 0.1) is 5.56 Å². The SMILES string of the molecule is CNC1CCN(C(=O)c2cc(F)ccc2Br)C1. The third-order valence-corrected chi connectivity index (χ3v) is 3.73. The third kappa shape index (κ3) is 2.66. The smallest absolute Gasteiger partial charge is 0.255 e. The maximum Gasteiger partial charge on any atom is 0.255 e. The van der Waals surface area contributed by atoms with Crippen LogP contribution in [0.25, 0.3) is 0 Å². The van der Waals surface area contributed by atoms with Crippen LogP contribution in [0.2, 0.25) is 0 Å². The molecule has 1 unspecified atom stereocenters. The lowest BCUT2D eigenvalue weighted by atomic mass is 10.2. The first-order chi connectivity index (χ1) is 8.11. The van der Waals surface area contributed by atoms with E-state index in [1.165, 1.54) is 12.1 Å². The van der Waals surface area contributed by atoms with Crippen LogP contribution in [-0.2, 0) is 0 Å². The topological polar surface area (TPSA) is 32.3 Å². The molecule has 1 aromatic carbocycles. The lowest BCUT2D eigenvalue weighted by Crippen LogP contribution is -2.33. The van der Waals surface area contributed by atoms with Crippen LogP contribution >= 0.6 is 15.9 Å². The highest BCUT2D eigenvalue weighted by atomic mass is 79.9. The largest absolute Gasteiger partial charge is 0.337 e. The molecule has 0 radical (unpaired) electrons. The fourth-order valence-corrected chi connectivity index (χ4v) is 2.43. The predicted molar refractivity (Wildman–Crippen MR) is 67.5 cm³/mol. The minimum Gasteiger partial charge on any atom is -0.337 e. The van der Waals surface area contributed by atoms with Crippen molar-refractivity contribution in [3.05, 3.63) is 34.1 Å². The molecule has 1 N–H and O–H groups in total. The Morgan fingerprint density at radius 3 is 3.00 bits per heavy atom. The highest BCUT2D eigenvalue weighted by Gasteiger charge is 2.27. The number of carbonyl (C=O) groups is 1. The van der Waals surface area contributed by atoms with Gasteiger partial charge in [0.1, 0.15) is 5.82 Å². The van der Waals surface area contributed by atoms with Gasteiger partial charge in [-0.05, 0) is 47.6 Å². The van der Waals surface area contributed by atoms with E-state index in [0.717, 1.165) is 6.42 Å². The van der Waals surface area contributed by atoms with Gasteiger partial charge in [-0.2, -0.15) is 0 Å². The van der Waals surface area contributed by atoms with Crippen LogP contribution in [0.1, 0.15) is 16.8 Å². The zero-order valence-corrected chi connectivity index (χ0v) is 11.1. The molecule has 0 spiro atoms. The summed E-state index contributed by atoms with van der Waals surface area (Å²) in [5.41, 5.74) is 0.391. The number of carbonyl (C=O) groups excluding carboxylic acids is 1. The summed E-state index contributed by atoms with van der Waals surface area (Å²) in [6.07, 6.45) is 0.940.